The van der Waals surface area contributed by atoms with Crippen LogP contribution in [0.2, 0.25) is 0 Å². The van der Waals surface area contributed by atoms with E-state index in [-0.39, 0.29) is 11.9 Å². The average molecular weight is 473 g/mol. The smallest absolute Gasteiger partial charge is 0.475 e. The van der Waals surface area contributed by atoms with Crippen LogP contribution in [0.1, 0.15) is 40.5 Å². The van der Waals surface area contributed by atoms with Gasteiger partial charge in [0.15, 0.2) is 0 Å². The van der Waals surface area contributed by atoms with Crippen molar-refractivity contribution in [2.45, 2.75) is 38.0 Å². The minimum absolute atomic E-state index is 0.0229. The minimum atomic E-state index is -5.08. The molecule has 4 rings (SSSR count). The van der Waals surface area contributed by atoms with Gasteiger partial charge in [-0.2, -0.15) is 18.3 Å². The van der Waals surface area contributed by atoms with Crippen LogP contribution in [0.25, 0.3) is 0 Å². The maximum atomic E-state index is 12.9. The highest BCUT2D eigenvalue weighted by Gasteiger charge is 2.38. The van der Waals surface area contributed by atoms with Crippen molar-refractivity contribution in [1.82, 2.24) is 14.7 Å². The van der Waals surface area contributed by atoms with Crippen LogP contribution in [0.3, 0.4) is 0 Å². The van der Waals surface area contributed by atoms with Crippen molar-refractivity contribution in [3.05, 3.63) is 41.6 Å². The molecular formula is C21H26F3N3O6. The third kappa shape index (κ3) is 6.14. The van der Waals surface area contributed by atoms with Gasteiger partial charge in [0.05, 0.1) is 36.4 Å². The van der Waals surface area contributed by atoms with E-state index in [1.807, 2.05) is 11.1 Å². The van der Waals surface area contributed by atoms with Gasteiger partial charge >= 0.3 is 12.1 Å². The van der Waals surface area contributed by atoms with E-state index in [1.54, 1.807) is 13.2 Å². The number of aromatic nitrogens is 2. The molecule has 182 valence electrons. The molecule has 12 heteroatoms. The molecule has 0 spiro atoms. The first kappa shape index (κ1) is 24.8. The number of hydrogen-bond acceptors (Lipinski definition) is 6. The number of methoxy groups -OCH3 is 1. The van der Waals surface area contributed by atoms with Crippen molar-refractivity contribution in [2.24, 2.45) is 5.92 Å². The van der Waals surface area contributed by atoms with Gasteiger partial charge in [0, 0.05) is 33.4 Å². The molecule has 2 aromatic rings. The summed E-state index contributed by atoms with van der Waals surface area (Å²) < 4.78 is 49.9. The lowest BCUT2D eigenvalue weighted by atomic mass is 9.97. The van der Waals surface area contributed by atoms with Crippen LogP contribution in [0.15, 0.2) is 29.2 Å². The zero-order chi connectivity index (χ0) is 24.0. The van der Waals surface area contributed by atoms with Gasteiger partial charge in [0.1, 0.15) is 6.26 Å². The number of ether oxygens (including phenoxy) is 2. The number of carboxylic acid groups (broad SMARTS) is 1. The number of aliphatic carboxylic acids is 1. The molecule has 1 unspecified atom stereocenters. The molecule has 1 amide bonds. The van der Waals surface area contributed by atoms with E-state index in [1.165, 1.54) is 18.1 Å². The van der Waals surface area contributed by atoms with Gasteiger partial charge in [-0.3, -0.25) is 9.48 Å². The lowest BCUT2D eigenvalue weighted by molar-refractivity contribution is -0.192. The lowest BCUT2D eigenvalue weighted by Crippen LogP contribution is -2.43. The molecule has 1 fully saturated rings. The second kappa shape index (κ2) is 10.8. The molecule has 0 saturated carbocycles. The fourth-order valence-electron chi connectivity index (χ4n) is 4.00. The van der Waals surface area contributed by atoms with Crippen molar-refractivity contribution in [3.63, 3.8) is 0 Å². The Balaban J connectivity index is 0.000000383. The SMILES string of the molecule is COCC1c2c(cnn2CC2CCOCC2)CCN1C(=O)c1ccoc1.O=C(O)C(F)(F)F. The molecule has 1 atom stereocenters. The van der Waals surface area contributed by atoms with Gasteiger partial charge in [-0.05, 0) is 36.8 Å². The number of carboxylic acids is 1. The number of furan rings is 1. The number of fused-ring (bicyclic) bond motifs is 1. The van der Waals surface area contributed by atoms with E-state index < -0.39 is 12.1 Å². The fraction of sp³-hybridized carbons (Fsp3) is 0.571. The first-order valence-corrected chi connectivity index (χ1v) is 10.5. The van der Waals surface area contributed by atoms with Crippen LogP contribution in [0, 0.1) is 5.92 Å². The molecule has 1 N–H and O–H groups in total. The van der Waals surface area contributed by atoms with Crippen LogP contribution in [-0.2, 0) is 27.2 Å². The fourth-order valence-corrected chi connectivity index (χ4v) is 4.00. The second-order valence-corrected chi connectivity index (χ2v) is 7.83. The zero-order valence-electron chi connectivity index (χ0n) is 18.1. The van der Waals surface area contributed by atoms with Crippen molar-refractivity contribution in [1.29, 1.82) is 0 Å². The van der Waals surface area contributed by atoms with Gasteiger partial charge in [-0.1, -0.05) is 0 Å². The number of nitrogens with zero attached hydrogens (tertiary/aromatic N) is 3. The van der Waals surface area contributed by atoms with Crippen LogP contribution in [0.4, 0.5) is 13.2 Å². The Morgan fingerprint density at radius 1 is 1.30 bits per heavy atom. The number of halogens is 3. The predicted octanol–water partition coefficient (Wildman–Crippen LogP) is 2.92. The molecule has 1 saturated heterocycles. The molecule has 0 radical (unpaired) electrons. The summed E-state index contributed by atoms with van der Waals surface area (Å²) in [6, 6.07) is 1.58. The third-order valence-corrected chi connectivity index (χ3v) is 5.64. The van der Waals surface area contributed by atoms with Gasteiger partial charge < -0.3 is 23.9 Å². The number of carbonyl (C=O) groups is 2. The Morgan fingerprint density at radius 2 is 2.00 bits per heavy atom. The molecule has 0 bridgehead atoms. The molecule has 0 aromatic carbocycles. The van der Waals surface area contributed by atoms with Crippen molar-refractivity contribution < 1.29 is 41.8 Å². The number of rotatable bonds is 5. The first-order chi connectivity index (χ1) is 15.7. The molecule has 2 aliphatic rings. The van der Waals surface area contributed by atoms with E-state index in [9.17, 15) is 18.0 Å². The summed E-state index contributed by atoms with van der Waals surface area (Å²) in [4.78, 5) is 23.7. The summed E-state index contributed by atoms with van der Waals surface area (Å²) in [5.41, 5.74) is 2.90. The van der Waals surface area contributed by atoms with Crippen LogP contribution in [-0.4, -0.2) is 71.3 Å². The minimum Gasteiger partial charge on any atom is -0.475 e. The number of amides is 1. The molecule has 4 heterocycles. The highest BCUT2D eigenvalue weighted by molar-refractivity contribution is 5.94. The molecule has 0 aliphatic carbocycles. The summed E-state index contributed by atoms with van der Waals surface area (Å²) in [6.45, 7) is 3.62. The maximum absolute atomic E-state index is 12.9. The van der Waals surface area contributed by atoms with Crippen LogP contribution >= 0.6 is 0 Å². The Hall–Kier alpha value is -2.86. The molecular weight excluding hydrogens is 447 g/mol. The summed E-state index contributed by atoms with van der Waals surface area (Å²) >= 11 is 0. The standard InChI is InChI=1S/C19H25N3O4.C2HF3O2/c1-24-13-17-18-15(2-6-21(17)19(23)16-5-9-26-12-16)10-20-22(18)11-14-3-7-25-8-4-14;3-2(4,5)1(6)7/h5,9-10,12,14,17H,2-4,6-8,11,13H2,1H3;(H,6,7). The van der Waals surface area contributed by atoms with Crippen molar-refractivity contribution >= 4 is 11.9 Å². The van der Waals surface area contributed by atoms with E-state index in [0.717, 1.165) is 44.7 Å². The summed E-state index contributed by atoms with van der Waals surface area (Å²) in [5, 5.41) is 11.8. The van der Waals surface area contributed by atoms with Gasteiger partial charge in [-0.25, -0.2) is 4.79 Å². The Kier molecular flexibility index (Phi) is 8.14. The summed E-state index contributed by atoms with van der Waals surface area (Å²) in [6.07, 6.45) is 2.83. The van der Waals surface area contributed by atoms with E-state index in [0.29, 0.717) is 24.6 Å². The number of hydrogen-bond donors (Lipinski definition) is 1. The zero-order valence-corrected chi connectivity index (χ0v) is 18.1. The van der Waals surface area contributed by atoms with Gasteiger partial charge in [0.25, 0.3) is 5.91 Å². The van der Waals surface area contributed by atoms with Crippen LogP contribution < -0.4 is 0 Å². The van der Waals surface area contributed by atoms with E-state index in [4.69, 9.17) is 23.8 Å². The predicted molar refractivity (Wildman–Crippen MR) is 108 cm³/mol. The highest BCUT2D eigenvalue weighted by Crippen LogP contribution is 2.32. The average Bonchev–Trinajstić information content (AvgIpc) is 3.45. The largest absolute Gasteiger partial charge is 0.490 e. The highest BCUT2D eigenvalue weighted by atomic mass is 19.4. The van der Waals surface area contributed by atoms with Crippen molar-refractivity contribution in [2.75, 3.05) is 33.5 Å². The Morgan fingerprint density at radius 3 is 2.58 bits per heavy atom. The molecule has 9 nitrogen and oxygen atoms in total. The van der Waals surface area contributed by atoms with E-state index in [2.05, 4.69) is 9.78 Å². The lowest BCUT2D eigenvalue weighted by Gasteiger charge is -2.36. The molecule has 2 aliphatic heterocycles. The molecule has 2 aromatic heterocycles. The summed E-state index contributed by atoms with van der Waals surface area (Å²) in [5.74, 6) is -2.21. The maximum Gasteiger partial charge on any atom is 0.490 e. The van der Waals surface area contributed by atoms with E-state index >= 15 is 0 Å². The monoisotopic (exact) mass is 473 g/mol. The summed E-state index contributed by atoms with van der Waals surface area (Å²) in [7, 11) is 1.67. The van der Waals surface area contributed by atoms with Gasteiger partial charge in [-0.15, -0.1) is 0 Å². The number of alkyl halides is 3. The second-order valence-electron chi connectivity index (χ2n) is 7.83. The molecule has 33 heavy (non-hydrogen) atoms. The Labute approximate surface area is 188 Å². The quantitative estimate of drug-likeness (QED) is 0.712. The third-order valence-electron chi connectivity index (χ3n) is 5.64. The van der Waals surface area contributed by atoms with Gasteiger partial charge in [0.2, 0.25) is 0 Å². The normalized spacial score (nSPS) is 18.9. The van der Waals surface area contributed by atoms with Crippen LogP contribution in [0.5, 0.6) is 0 Å². The Bertz CT molecular complexity index is 922. The topological polar surface area (TPSA) is 107 Å². The van der Waals surface area contributed by atoms with Crippen molar-refractivity contribution in [3.8, 4) is 0 Å². The first-order valence-electron chi connectivity index (χ1n) is 10.5. The number of carbonyl (C=O) groups excluding carboxylic acids is 1.